The summed E-state index contributed by atoms with van der Waals surface area (Å²) in [5, 5.41) is 3.00. The molecule has 0 aliphatic carbocycles. The fraction of sp³-hybridized carbons (Fsp3) is 0.222. The molecule has 0 spiro atoms. The van der Waals surface area contributed by atoms with Gasteiger partial charge in [-0.15, -0.1) is 0 Å². The summed E-state index contributed by atoms with van der Waals surface area (Å²) in [6, 6.07) is 8.94. The summed E-state index contributed by atoms with van der Waals surface area (Å²) >= 11 is 0. The molecule has 0 bridgehead atoms. The van der Waals surface area contributed by atoms with E-state index in [1.165, 1.54) is 24.5 Å². The Bertz CT molecular complexity index is 1710. The number of hydrogen-bond acceptors (Lipinski definition) is 6. The number of nitrogens with zero attached hydrogens (tertiary/aromatic N) is 4. The summed E-state index contributed by atoms with van der Waals surface area (Å²) < 4.78 is 50.1. The predicted molar refractivity (Wildman–Crippen MR) is 145 cm³/mol. The molecule has 2 aromatic heterocycles. The Kier molecular flexibility index (Phi) is 6.70. The van der Waals surface area contributed by atoms with Gasteiger partial charge in [-0.25, -0.2) is 23.0 Å². The number of nitrogens with one attached hydrogen (secondary N) is 1. The van der Waals surface area contributed by atoms with E-state index < -0.39 is 21.4 Å². The van der Waals surface area contributed by atoms with E-state index in [1.807, 2.05) is 0 Å². The van der Waals surface area contributed by atoms with Crippen molar-refractivity contribution in [2.75, 3.05) is 17.2 Å². The average Bonchev–Trinajstić information content (AvgIpc) is 3.44. The number of benzene rings is 2. The zero-order valence-corrected chi connectivity index (χ0v) is 21.5. The molecule has 5 rings (SSSR count). The van der Waals surface area contributed by atoms with Crippen LogP contribution in [0.1, 0.15) is 18.4 Å². The Morgan fingerprint density at radius 3 is 2.55 bits per heavy atom. The SMILES string of the molecule is C=CC(=O)NCc1ccc(-c2c(-c3ccc(N=S4(=O)CCCC4)cc3F)c3c(N)ncnc3n2C)c(F)c1. The number of fused-ring (bicyclic) bond motifs is 1. The number of nitrogens with two attached hydrogens (primary N) is 1. The van der Waals surface area contributed by atoms with Crippen molar-refractivity contribution >= 4 is 38.2 Å². The molecule has 3 N–H and O–H groups in total. The molecule has 1 aliphatic rings. The van der Waals surface area contributed by atoms with Gasteiger partial charge in [-0.1, -0.05) is 12.6 Å². The number of nitrogen functional groups attached to an aromatic ring is 1. The van der Waals surface area contributed by atoms with Crippen LogP contribution in [0.5, 0.6) is 0 Å². The lowest BCUT2D eigenvalue weighted by molar-refractivity contribution is -0.116. The number of rotatable bonds is 6. The molecule has 38 heavy (non-hydrogen) atoms. The molecule has 11 heteroatoms. The molecule has 196 valence electrons. The highest BCUT2D eigenvalue weighted by Crippen LogP contribution is 2.43. The number of anilines is 1. The smallest absolute Gasteiger partial charge is 0.243 e. The third kappa shape index (κ3) is 4.65. The van der Waals surface area contributed by atoms with E-state index in [2.05, 4.69) is 26.2 Å². The first-order chi connectivity index (χ1) is 18.2. The fourth-order valence-electron chi connectivity index (χ4n) is 4.78. The maximum absolute atomic E-state index is 15.7. The lowest BCUT2D eigenvalue weighted by Crippen LogP contribution is -2.20. The highest BCUT2D eigenvalue weighted by molar-refractivity contribution is 7.93. The van der Waals surface area contributed by atoms with Gasteiger partial charge in [0, 0.05) is 47.9 Å². The normalized spacial score (nSPS) is 14.5. The number of hydrogen-bond donors (Lipinski definition) is 2. The van der Waals surface area contributed by atoms with Gasteiger partial charge in [0.1, 0.15) is 29.4 Å². The third-order valence-electron chi connectivity index (χ3n) is 6.61. The molecule has 0 radical (unpaired) electrons. The van der Waals surface area contributed by atoms with Crippen molar-refractivity contribution in [3.8, 4) is 22.4 Å². The van der Waals surface area contributed by atoms with Gasteiger partial charge in [0.25, 0.3) is 0 Å². The first kappa shape index (κ1) is 25.5. The summed E-state index contributed by atoms with van der Waals surface area (Å²) in [5.74, 6) is -0.428. The lowest BCUT2D eigenvalue weighted by Gasteiger charge is -2.12. The van der Waals surface area contributed by atoms with E-state index in [0.717, 1.165) is 18.9 Å². The second kappa shape index (κ2) is 9.97. The van der Waals surface area contributed by atoms with Crippen LogP contribution in [0.2, 0.25) is 0 Å². The van der Waals surface area contributed by atoms with Crippen LogP contribution >= 0.6 is 0 Å². The van der Waals surface area contributed by atoms with Crippen LogP contribution in [0.15, 0.2) is 59.7 Å². The largest absolute Gasteiger partial charge is 0.383 e. The van der Waals surface area contributed by atoms with Crippen LogP contribution in [0, 0.1) is 11.6 Å². The summed E-state index contributed by atoms with van der Waals surface area (Å²) in [4.78, 5) is 19.9. The average molecular weight is 537 g/mol. The lowest BCUT2D eigenvalue weighted by atomic mass is 9.97. The summed E-state index contributed by atoms with van der Waals surface area (Å²) in [6.45, 7) is 3.52. The minimum Gasteiger partial charge on any atom is -0.383 e. The van der Waals surface area contributed by atoms with Gasteiger partial charge in [-0.2, -0.15) is 4.36 Å². The highest BCUT2D eigenvalue weighted by atomic mass is 32.2. The second-order valence-corrected chi connectivity index (χ2v) is 11.7. The minimum absolute atomic E-state index is 0.116. The Hall–Kier alpha value is -4.12. The Labute approximate surface area is 218 Å². The van der Waals surface area contributed by atoms with Crippen LogP contribution in [0.3, 0.4) is 0 Å². The second-order valence-electron chi connectivity index (χ2n) is 9.12. The molecule has 3 heterocycles. The number of aromatic nitrogens is 3. The summed E-state index contributed by atoms with van der Waals surface area (Å²) in [6.07, 6.45) is 4.11. The van der Waals surface area contributed by atoms with Gasteiger partial charge in [-0.3, -0.25) is 4.79 Å². The molecule has 1 saturated heterocycles. The summed E-state index contributed by atoms with van der Waals surface area (Å²) in [7, 11) is -0.686. The van der Waals surface area contributed by atoms with Crippen LogP contribution in [0.4, 0.5) is 20.3 Å². The Morgan fingerprint density at radius 1 is 1.16 bits per heavy atom. The molecular formula is C27H26F2N6O2S. The zero-order valence-electron chi connectivity index (χ0n) is 20.7. The molecule has 4 aromatic rings. The van der Waals surface area contributed by atoms with Crippen LogP contribution in [-0.2, 0) is 28.1 Å². The van der Waals surface area contributed by atoms with Gasteiger partial charge in [0.2, 0.25) is 5.91 Å². The first-order valence-electron chi connectivity index (χ1n) is 12.0. The van der Waals surface area contributed by atoms with Gasteiger partial charge in [0.15, 0.2) is 0 Å². The van der Waals surface area contributed by atoms with E-state index in [4.69, 9.17) is 5.73 Å². The number of aryl methyl sites for hydroxylation is 1. The predicted octanol–water partition coefficient (Wildman–Crippen LogP) is 4.86. The molecule has 1 aliphatic heterocycles. The van der Waals surface area contributed by atoms with E-state index in [0.29, 0.717) is 45.0 Å². The van der Waals surface area contributed by atoms with E-state index in [-0.39, 0.29) is 29.4 Å². The topological polar surface area (TPSA) is 115 Å². The van der Waals surface area contributed by atoms with Crippen molar-refractivity contribution in [3.05, 3.63) is 72.6 Å². The van der Waals surface area contributed by atoms with Crippen molar-refractivity contribution in [3.63, 3.8) is 0 Å². The van der Waals surface area contributed by atoms with Crippen LogP contribution in [0.25, 0.3) is 33.4 Å². The Morgan fingerprint density at radius 2 is 1.87 bits per heavy atom. The first-order valence-corrected chi connectivity index (χ1v) is 13.9. The molecule has 8 nitrogen and oxygen atoms in total. The number of halogens is 2. The van der Waals surface area contributed by atoms with E-state index in [9.17, 15) is 9.00 Å². The maximum atomic E-state index is 15.7. The molecular weight excluding hydrogens is 510 g/mol. The molecule has 0 atom stereocenters. The Balaban J connectivity index is 1.67. The zero-order chi connectivity index (χ0) is 27.0. The monoisotopic (exact) mass is 536 g/mol. The molecule has 1 amide bonds. The van der Waals surface area contributed by atoms with Gasteiger partial charge < -0.3 is 15.6 Å². The molecule has 2 aromatic carbocycles. The van der Waals surface area contributed by atoms with Crippen molar-refractivity contribution in [1.82, 2.24) is 19.9 Å². The van der Waals surface area contributed by atoms with Crippen LogP contribution < -0.4 is 11.1 Å². The van der Waals surface area contributed by atoms with Crippen molar-refractivity contribution in [2.24, 2.45) is 11.4 Å². The number of carbonyl (C=O) groups is 1. The quantitative estimate of drug-likeness (QED) is 0.342. The molecule has 1 fully saturated rings. The molecule has 0 unspecified atom stereocenters. The van der Waals surface area contributed by atoms with Gasteiger partial charge >= 0.3 is 0 Å². The highest BCUT2D eigenvalue weighted by Gasteiger charge is 2.26. The van der Waals surface area contributed by atoms with Gasteiger partial charge in [-0.05, 0) is 48.7 Å². The van der Waals surface area contributed by atoms with Gasteiger partial charge in [0.05, 0.1) is 26.5 Å². The standard InChI is InChI=1S/C27H26F2N6O2S/c1-3-22(36)31-14-16-6-8-19(20(28)12-16)25-23(24-26(30)32-15-33-27(24)35(25)2)18-9-7-17(13-21(18)29)34-38(37)10-4-5-11-38/h3,6-9,12-13,15H,1,4-5,10-11,14H2,2H3,(H,31,36)(H2,30,32,33). The third-order valence-corrected chi connectivity index (χ3v) is 9.00. The number of carbonyl (C=O) groups excluding carboxylic acids is 1. The fourth-order valence-corrected chi connectivity index (χ4v) is 6.97. The maximum Gasteiger partial charge on any atom is 0.243 e. The van der Waals surface area contributed by atoms with Crippen molar-refractivity contribution in [1.29, 1.82) is 0 Å². The summed E-state index contributed by atoms with van der Waals surface area (Å²) in [5.41, 5.74) is 8.51. The van der Waals surface area contributed by atoms with Crippen molar-refractivity contribution < 1.29 is 17.8 Å². The van der Waals surface area contributed by atoms with E-state index >= 15 is 8.78 Å². The molecule has 0 saturated carbocycles. The van der Waals surface area contributed by atoms with E-state index in [1.54, 1.807) is 29.8 Å². The number of amides is 1. The van der Waals surface area contributed by atoms with Crippen LogP contribution in [-0.4, -0.2) is 36.2 Å². The van der Waals surface area contributed by atoms with Crippen molar-refractivity contribution in [2.45, 2.75) is 19.4 Å². The minimum atomic E-state index is -2.38.